The van der Waals surface area contributed by atoms with Crippen molar-refractivity contribution in [3.05, 3.63) is 35.9 Å². The van der Waals surface area contributed by atoms with Gasteiger partial charge >= 0.3 is 0 Å². The van der Waals surface area contributed by atoms with Crippen molar-refractivity contribution < 1.29 is 14.6 Å². The molecule has 1 aromatic rings. The predicted octanol–water partition coefficient (Wildman–Crippen LogP) is 0.730. The molecule has 1 aromatic carbocycles. The Balaban J connectivity index is 1.70. The van der Waals surface area contributed by atoms with Crippen LogP contribution in [0.4, 0.5) is 0 Å². The monoisotopic (exact) mass is 292 g/mol. The Hall–Kier alpha value is -1.43. The van der Waals surface area contributed by atoms with Crippen LogP contribution in [0.5, 0.6) is 0 Å². The summed E-state index contributed by atoms with van der Waals surface area (Å²) in [5.41, 5.74) is 1.08. The number of aliphatic hydroxyl groups is 1. The van der Waals surface area contributed by atoms with Crippen molar-refractivity contribution in [2.75, 3.05) is 45.9 Å². The standard InChI is InChI=1S/C16H24N2O3/c19-12-11-17-7-4-8-18(10-9-17)16(20)14-21-13-15-5-2-1-3-6-15/h1-3,5-6,19H,4,7-14H2. The molecular formula is C16H24N2O3. The number of carbonyl (C=O) groups is 1. The first-order valence-electron chi connectivity index (χ1n) is 7.52. The Kier molecular flexibility index (Phi) is 6.66. The van der Waals surface area contributed by atoms with Crippen molar-refractivity contribution in [2.45, 2.75) is 13.0 Å². The normalized spacial score (nSPS) is 16.7. The second-order valence-electron chi connectivity index (χ2n) is 5.28. The van der Waals surface area contributed by atoms with Gasteiger partial charge in [0.25, 0.3) is 0 Å². The summed E-state index contributed by atoms with van der Waals surface area (Å²) >= 11 is 0. The lowest BCUT2D eigenvalue weighted by Crippen LogP contribution is -2.37. The third kappa shape index (κ3) is 5.46. The summed E-state index contributed by atoms with van der Waals surface area (Å²) in [4.78, 5) is 16.2. The predicted molar refractivity (Wildman–Crippen MR) is 80.8 cm³/mol. The van der Waals surface area contributed by atoms with E-state index in [4.69, 9.17) is 9.84 Å². The molecule has 5 heteroatoms. The van der Waals surface area contributed by atoms with Crippen molar-refractivity contribution in [1.29, 1.82) is 0 Å². The van der Waals surface area contributed by atoms with E-state index >= 15 is 0 Å². The summed E-state index contributed by atoms with van der Waals surface area (Å²) in [6, 6.07) is 9.87. The number of hydrogen-bond acceptors (Lipinski definition) is 4. The van der Waals surface area contributed by atoms with Gasteiger partial charge in [-0.25, -0.2) is 0 Å². The second kappa shape index (κ2) is 8.77. The zero-order valence-electron chi connectivity index (χ0n) is 12.4. The van der Waals surface area contributed by atoms with E-state index in [-0.39, 0.29) is 19.1 Å². The number of hydrogen-bond donors (Lipinski definition) is 1. The van der Waals surface area contributed by atoms with Gasteiger partial charge < -0.3 is 14.7 Å². The van der Waals surface area contributed by atoms with Crippen LogP contribution >= 0.6 is 0 Å². The van der Waals surface area contributed by atoms with Crippen LogP contribution in [0.15, 0.2) is 30.3 Å². The van der Waals surface area contributed by atoms with Crippen molar-refractivity contribution in [3.8, 4) is 0 Å². The molecular weight excluding hydrogens is 268 g/mol. The number of amides is 1. The van der Waals surface area contributed by atoms with Gasteiger partial charge in [0, 0.05) is 26.2 Å². The maximum atomic E-state index is 12.1. The van der Waals surface area contributed by atoms with Gasteiger partial charge in [-0.05, 0) is 18.5 Å². The first-order chi connectivity index (χ1) is 10.3. The van der Waals surface area contributed by atoms with Crippen LogP contribution in [-0.2, 0) is 16.1 Å². The Morgan fingerprint density at radius 1 is 1.14 bits per heavy atom. The molecule has 0 radical (unpaired) electrons. The van der Waals surface area contributed by atoms with Crippen molar-refractivity contribution in [2.24, 2.45) is 0 Å². The van der Waals surface area contributed by atoms with Crippen LogP contribution in [0.25, 0.3) is 0 Å². The summed E-state index contributed by atoms with van der Waals surface area (Å²) in [5, 5.41) is 8.97. The molecule has 1 N–H and O–H groups in total. The molecule has 5 nitrogen and oxygen atoms in total. The highest BCUT2D eigenvalue weighted by Gasteiger charge is 2.18. The minimum absolute atomic E-state index is 0.0526. The highest BCUT2D eigenvalue weighted by molar-refractivity contribution is 5.77. The molecule has 1 heterocycles. The highest BCUT2D eigenvalue weighted by atomic mass is 16.5. The Morgan fingerprint density at radius 3 is 2.71 bits per heavy atom. The summed E-state index contributed by atoms with van der Waals surface area (Å²) in [6.45, 7) is 4.72. The molecule has 2 rings (SSSR count). The van der Waals surface area contributed by atoms with Crippen LogP contribution in [0.3, 0.4) is 0 Å². The van der Waals surface area contributed by atoms with E-state index in [0.717, 1.165) is 31.6 Å². The molecule has 1 aliphatic rings. The van der Waals surface area contributed by atoms with E-state index < -0.39 is 0 Å². The maximum Gasteiger partial charge on any atom is 0.248 e. The lowest BCUT2D eigenvalue weighted by Gasteiger charge is -2.21. The Bertz CT molecular complexity index is 425. The molecule has 0 saturated carbocycles. The summed E-state index contributed by atoms with van der Waals surface area (Å²) in [7, 11) is 0. The number of benzene rings is 1. The fraction of sp³-hybridized carbons (Fsp3) is 0.562. The van der Waals surface area contributed by atoms with Crippen LogP contribution in [0.1, 0.15) is 12.0 Å². The molecule has 0 atom stereocenters. The molecule has 21 heavy (non-hydrogen) atoms. The van der Waals surface area contributed by atoms with Gasteiger partial charge in [0.2, 0.25) is 5.91 Å². The first kappa shape index (κ1) is 15.9. The molecule has 0 bridgehead atoms. The lowest BCUT2D eigenvalue weighted by molar-refractivity contribution is -0.136. The Labute approximate surface area is 126 Å². The average Bonchev–Trinajstić information content (AvgIpc) is 2.74. The SMILES string of the molecule is O=C(COCc1ccccc1)N1CCCN(CCO)CC1. The third-order valence-electron chi connectivity index (χ3n) is 3.69. The molecule has 0 aliphatic carbocycles. The zero-order valence-corrected chi connectivity index (χ0v) is 12.4. The molecule has 116 valence electrons. The molecule has 0 aromatic heterocycles. The van der Waals surface area contributed by atoms with E-state index in [9.17, 15) is 4.79 Å². The second-order valence-corrected chi connectivity index (χ2v) is 5.28. The number of aliphatic hydroxyl groups excluding tert-OH is 1. The quantitative estimate of drug-likeness (QED) is 0.840. The molecule has 1 amide bonds. The van der Waals surface area contributed by atoms with Gasteiger partial charge in [0.05, 0.1) is 13.2 Å². The van der Waals surface area contributed by atoms with Gasteiger partial charge in [-0.2, -0.15) is 0 Å². The van der Waals surface area contributed by atoms with Crippen LogP contribution in [-0.4, -0.2) is 66.8 Å². The molecule has 0 unspecified atom stereocenters. The number of rotatable bonds is 6. The summed E-state index contributed by atoms with van der Waals surface area (Å²) in [6.07, 6.45) is 0.949. The number of nitrogens with zero attached hydrogens (tertiary/aromatic N) is 2. The smallest absolute Gasteiger partial charge is 0.248 e. The summed E-state index contributed by atoms with van der Waals surface area (Å²) in [5.74, 6) is 0.0526. The van der Waals surface area contributed by atoms with Gasteiger partial charge in [-0.1, -0.05) is 30.3 Å². The van der Waals surface area contributed by atoms with E-state index in [2.05, 4.69) is 4.90 Å². The van der Waals surface area contributed by atoms with E-state index in [1.807, 2.05) is 35.2 Å². The molecule has 1 aliphatic heterocycles. The highest BCUT2D eigenvalue weighted by Crippen LogP contribution is 2.05. The minimum atomic E-state index is 0.0526. The van der Waals surface area contributed by atoms with E-state index in [0.29, 0.717) is 19.7 Å². The summed E-state index contributed by atoms with van der Waals surface area (Å²) < 4.78 is 5.51. The van der Waals surface area contributed by atoms with Gasteiger partial charge in [0.15, 0.2) is 0 Å². The Morgan fingerprint density at radius 2 is 1.95 bits per heavy atom. The third-order valence-corrected chi connectivity index (χ3v) is 3.69. The molecule has 1 saturated heterocycles. The van der Waals surface area contributed by atoms with Gasteiger partial charge in [-0.15, -0.1) is 0 Å². The van der Waals surface area contributed by atoms with Crippen LogP contribution in [0, 0.1) is 0 Å². The number of carbonyl (C=O) groups excluding carboxylic acids is 1. The largest absolute Gasteiger partial charge is 0.395 e. The minimum Gasteiger partial charge on any atom is -0.395 e. The first-order valence-corrected chi connectivity index (χ1v) is 7.52. The molecule has 0 spiro atoms. The van der Waals surface area contributed by atoms with Gasteiger partial charge in [0.1, 0.15) is 6.61 Å². The topological polar surface area (TPSA) is 53.0 Å². The molecule has 1 fully saturated rings. The number of β-amino-alcohol motifs (C(OH)–C–C–N with tert-alkyl or cyclic N) is 1. The lowest BCUT2D eigenvalue weighted by atomic mass is 10.2. The van der Waals surface area contributed by atoms with E-state index in [1.54, 1.807) is 0 Å². The van der Waals surface area contributed by atoms with Crippen molar-refractivity contribution in [1.82, 2.24) is 9.80 Å². The maximum absolute atomic E-state index is 12.1. The van der Waals surface area contributed by atoms with Crippen LogP contribution in [0.2, 0.25) is 0 Å². The fourth-order valence-electron chi connectivity index (χ4n) is 2.51. The average molecular weight is 292 g/mol. The van der Waals surface area contributed by atoms with Crippen molar-refractivity contribution in [3.63, 3.8) is 0 Å². The van der Waals surface area contributed by atoms with Crippen LogP contribution < -0.4 is 0 Å². The number of ether oxygens (including phenoxy) is 1. The zero-order chi connectivity index (χ0) is 14.9. The van der Waals surface area contributed by atoms with Crippen molar-refractivity contribution >= 4 is 5.91 Å². The van der Waals surface area contributed by atoms with E-state index in [1.165, 1.54) is 0 Å². The fourth-order valence-corrected chi connectivity index (χ4v) is 2.51. The van der Waals surface area contributed by atoms with Gasteiger partial charge in [-0.3, -0.25) is 9.69 Å².